The summed E-state index contributed by atoms with van der Waals surface area (Å²) in [6.07, 6.45) is 3.46. The summed E-state index contributed by atoms with van der Waals surface area (Å²) in [6.45, 7) is 2.34. The van der Waals surface area contributed by atoms with E-state index in [1.54, 1.807) is 42.7 Å². The highest BCUT2D eigenvalue weighted by Crippen LogP contribution is 2.15. The standard InChI is InChI=1S/C19H17N3O2/c1-14-3-2-4-18(21-14)22-19(23)16-5-7-17(8-6-16)24-13-15-9-11-20-12-10-15/h2-12H,13H2,1H3,(H,21,22,23). The van der Waals surface area contributed by atoms with Gasteiger partial charge in [-0.15, -0.1) is 0 Å². The highest BCUT2D eigenvalue weighted by Gasteiger charge is 2.07. The molecular weight excluding hydrogens is 302 g/mol. The van der Waals surface area contributed by atoms with Crippen LogP contribution in [0.5, 0.6) is 5.75 Å². The highest BCUT2D eigenvalue weighted by atomic mass is 16.5. The maximum Gasteiger partial charge on any atom is 0.256 e. The molecular formula is C19H17N3O2. The molecule has 0 unspecified atom stereocenters. The number of aromatic nitrogens is 2. The zero-order valence-corrected chi connectivity index (χ0v) is 13.3. The van der Waals surface area contributed by atoms with E-state index < -0.39 is 0 Å². The average molecular weight is 319 g/mol. The average Bonchev–Trinajstić information content (AvgIpc) is 2.61. The van der Waals surface area contributed by atoms with E-state index in [0.29, 0.717) is 23.7 Å². The van der Waals surface area contributed by atoms with Gasteiger partial charge < -0.3 is 10.1 Å². The first-order valence-electron chi connectivity index (χ1n) is 7.57. The van der Waals surface area contributed by atoms with Gasteiger partial charge in [-0.2, -0.15) is 0 Å². The fraction of sp³-hybridized carbons (Fsp3) is 0.105. The Hall–Kier alpha value is -3.21. The van der Waals surface area contributed by atoms with Crippen LogP contribution in [0, 0.1) is 6.92 Å². The smallest absolute Gasteiger partial charge is 0.256 e. The van der Waals surface area contributed by atoms with Crippen molar-refractivity contribution in [1.29, 1.82) is 0 Å². The van der Waals surface area contributed by atoms with Crippen molar-refractivity contribution in [3.8, 4) is 5.75 Å². The van der Waals surface area contributed by atoms with Crippen LogP contribution in [0.25, 0.3) is 0 Å². The Labute approximate surface area is 140 Å². The maximum absolute atomic E-state index is 12.2. The fourth-order valence-electron chi connectivity index (χ4n) is 2.15. The Balaban J connectivity index is 1.60. The number of hydrogen-bond donors (Lipinski definition) is 1. The summed E-state index contributed by atoms with van der Waals surface area (Å²) in [5, 5.41) is 2.78. The van der Waals surface area contributed by atoms with Gasteiger partial charge in [0.25, 0.3) is 5.91 Å². The number of benzene rings is 1. The number of rotatable bonds is 5. The lowest BCUT2D eigenvalue weighted by Gasteiger charge is -2.08. The molecule has 0 radical (unpaired) electrons. The molecule has 5 nitrogen and oxygen atoms in total. The third-order valence-electron chi connectivity index (χ3n) is 3.40. The number of anilines is 1. The van der Waals surface area contributed by atoms with Crippen LogP contribution in [-0.4, -0.2) is 15.9 Å². The van der Waals surface area contributed by atoms with E-state index in [-0.39, 0.29) is 5.91 Å². The Morgan fingerprint density at radius 3 is 2.50 bits per heavy atom. The van der Waals surface area contributed by atoms with Crippen molar-refractivity contribution in [3.63, 3.8) is 0 Å². The molecule has 0 spiro atoms. The monoisotopic (exact) mass is 319 g/mol. The van der Waals surface area contributed by atoms with E-state index in [4.69, 9.17) is 4.74 Å². The van der Waals surface area contributed by atoms with Crippen molar-refractivity contribution < 1.29 is 9.53 Å². The quantitative estimate of drug-likeness (QED) is 0.780. The number of nitrogens with one attached hydrogen (secondary N) is 1. The molecule has 3 rings (SSSR count). The first-order chi connectivity index (χ1) is 11.7. The SMILES string of the molecule is Cc1cccc(NC(=O)c2ccc(OCc3ccncc3)cc2)n1. The zero-order chi connectivity index (χ0) is 16.8. The van der Waals surface area contributed by atoms with Gasteiger partial charge in [0.15, 0.2) is 0 Å². The van der Waals surface area contributed by atoms with Crippen LogP contribution in [0.15, 0.2) is 67.0 Å². The summed E-state index contributed by atoms with van der Waals surface area (Å²) >= 11 is 0. The number of carbonyl (C=O) groups is 1. The molecule has 0 bridgehead atoms. The third-order valence-corrected chi connectivity index (χ3v) is 3.40. The summed E-state index contributed by atoms with van der Waals surface area (Å²) in [7, 11) is 0. The van der Waals surface area contributed by atoms with Crippen LogP contribution in [0.3, 0.4) is 0 Å². The molecule has 0 saturated heterocycles. The molecule has 5 heteroatoms. The second-order valence-corrected chi connectivity index (χ2v) is 5.29. The van der Waals surface area contributed by atoms with E-state index >= 15 is 0 Å². The molecule has 1 amide bonds. The Kier molecular flexibility index (Phi) is 4.81. The number of aryl methyl sites for hydroxylation is 1. The number of nitrogens with zero attached hydrogens (tertiary/aromatic N) is 2. The highest BCUT2D eigenvalue weighted by molar-refractivity contribution is 6.03. The molecule has 0 atom stereocenters. The molecule has 0 aliphatic rings. The molecule has 0 aliphatic carbocycles. The molecule has 2 heterocycles. The van der Waals surface area contributed by atoms with E-state index in [1.807, 2.05) is 31.2 Å². The van der Waals surface area contributed by atoms with Gasteiger partial charge in [-0.25, -0.2) is 4.98 Å². The van der Waals surface area contributed by atoms with Gasteiger partial charge in [0, 0.05) is 23.7 Å². The van der Waals surface area contributed by atoms with Gasteiger partial charge in [-0.1, -0.05) is 6.07 Å². The van der Waals surface area contributed by atoms with Gasteiger partial charge >= 0.3 is 0 Å². The molecule has 2 aromatic heterocycles. The summed E-state index contributed by atoms with van der Waals surface area (Å²) < 4.78 is 5.69. The van der Waals surface area contributed by atoms with Crippen LogP contribution < -0.4 is 10.1 Å². The first-order valence-corrected chi connectivity index (χ1v) is 7.57. The third kappa shape index (κ3) is 4.16. The van der Waals surface area contributed by atoms with Crippen molar-refractivity contribution in [2.75, 3.05) is 5.32 Å². The first kappa shape index (κ1) is 15.7. The predicted molar refractivity (Wildman–Crippen MR) is 91.9 cm³/mol. The minimum atomic E-state index is -0.200. The van der Waals surface area contributed by atoms with Crippen molar-refractivity contribution in [3.05, 3.63) is 83.8 Å². The van der Waals surface area contributed by atoms with Gasteiger partial charge in [0.1, 0.15) is 18.2 Å². The fourth-order valence-corrected chi connectivity index (χ4v) is 2.15. The molecule has 1 aromatic carbocycles. The molecule has 3 aromatic rings. The molecule has 120 valence electrons. The minimum absolute atomic E-state index is 0.200. The number of hydrogen-bond acceptors (Lipinski definition) is 4. The van der Waals surface area contributed by atoms with E-state index in [0.717, 1.165) is 11.3 Å². The lowest BCUT2D eigenvalue weighted by Crippen LogP contribution is -2.13. The minimum Gasteiger partial charge on any atom is -0.489 e. The van der Waals surface area contributed by atoms with Gasteiger partial charge in [0.2, 0.25) is 0 Å². The van der Waals surface area contributed by atoms with Crippen LogP contribution in [0.2, 0.25) is 0 Å². The molecule has 0 fully saturated rings. The Morgan fingerprint density at radius 2 is 1.79 bits per heavy atom. The number of ether oxygens (including phenoxy) is 1. The van der Waals surface area contributed by atoms with Gasteiger partial charge in [-0.05, 0) is 61.0 Å². The van der Waals surface area contributed by atoms with Gasteiger partial charge in [-0.3, -0.25) is 9.78 Å². The van der Waals surface area contributed by atoms with Crippen molar-refractivity contribution in [1.82, 2.24) is 9.97 Å². The second kappa shape index (κ2) is 7.37. The van der Waals surface area contributed by atoms with E-state index in [9.17, 15) is 4.79 Å². The lowest BCUT2D eigenvalue weighted by molar-refractivity contribution is 0.102. The maximum atomic E-state index is 12.2. The van der Waals surface area contributed by atoms with Crippen LogP contribution in [0.4, 0.5) is 5.82 Å². The summed E-state index contributed by atoms with van der Waals surface area (Å²) in [4.78, 5) is 20.4. The summed E-state index contributed by atoms with van der Waals surface area (Å²) in [5.41, 5.74) is 2.44. The second-order valence-electron chi connectivity index (χ2n) is 5.29. The zero-order valence-electron chi connectivity index (χ0n) is 13.3. The molecule has 0 saturated carbocycles. The Morgan fingerprint density at radius 1 is 1.04 bits per heavy atom. The normalized spacial score (nSPS) is 10.2. The van der Waals surface area contributed by atoms with Crippen molar-refractivity contribution in [2.45, 2.75) is 13.5 Å². The summed E-state index contributed by atoms with van der Waals surface area (Å²) in [6, 6.07) is 16.3. The topological polar surface area (TPSA) is 64.1 Å². The predicted octanol–water partition coefficient (Wildman–Crippen LogP) is 3.62. The summed E-state index contributed by atoms with van der Waals surface area (Å²) in [5.74, 6) is 1.05. The van der Waals surface area contributed by atoms with Crippen molar-refractivity contribution in [2.24, 2.45) is 0 Å². The number of pyridine rings is 2. The van der Waals surface area contributed by atoms with Gasteiger partial charge in [0.05, 0.1) is 0 Å². The molecule has 24 heavy (non-hydrogen) atoms. The van der Waals surface area contributed by atoms with Crippen molar-refractivity contribution >= 4 is 11.7 Å². The number of carbonyl (C=O) groups excluding carboxylic acids is 1. The largest absolute Gasteiger partial charge is 0.489 e. The van der Waals surface area contributed by atoms with E-state index in [1.165, 1.54) is 0 Å². The number of amides is 1. The van der Waals surface area contributed by atoms with Crippen LogP contribution in [0.1, 0.15) is 21.6 Å². The lowest BCUT2D eigenvalue weighted by atomic mass is 10.2. The molecule has 1 N–H and O–H groups in total. The van der Waals surface area contributed by atoms with Crippen LogP contribution >= 0.6 is 0 Å². The van der Waals surface area contributed by atoms with E-state index in [2.05, 4.69) is 15.3 Å². The van der Waals surface area contributed by atoms with Crippen LogP contribution in [-0.2, 0) is 6.61 Å². The molecule has 0 aliphatic heterocycles. The Bertz CT molecular complexity index is 818.